The number of rotatable bonds is 4. The quantitative estimate of drug-likeness (QED) is 0.788. The Morgan fingerprint density at radius 2 is 2.12 bits per heavy atom. The lowest BCUT2D eigenvalue weighted by Gasteiger charge is -2.16. The van der Waals surface area contributed by atoms with Crippen LogP contribution in [0.25, 0.3) is 0 Å². The second kappa shape index (κ2) is 4.04. The van der Waals surface area contributed by atoms with Crippen LogP contribution in [0.2, 0.25) is 0 Å². The molecule has 0 aromatic heterocycles. The molecule has 0 spiro atoms. The molecule has 1 aliphatic rings. The Morgan fingerprint density at radius 1 is 1.38 bits per heavy atom. The van der Waals surface area contributed by atoms with E-state index in [0.29, 0.717) is 0 Å². The van der Waals surface area contributed by atoms with Gasteiger partial charge in [-0.3, -0.25) is 0 Å². The van der Waals surface area contributed by atoms with Gasteiger partial charge in [-0.25, -0.2) is 4.79 Å². The first-order chi connectivity index (χ1) is 7.70. The Hall–Kier alpha value is -1.71. The third kappa shape index (κ3) is 1.96. The molecule has 4 heteroatoms. The summed E-state index contributed by atoms with van der Waals surface area (Å²) in [4.78, 5) is 11.5. The zero-order valence-corrected chi connectivity index (χ0v) is 9.45. The fourth-order valence-corrected chi connectivity index (χ4v) is 1.68. The van der Waals surface area contributed by atoms with E-state index in [1.54, 1.807) is 7.11 Å². The van der Waals surface area contributed by atoms with Crippen molar-refractivity contribution in [2.75, 3.05) is 19.5 Å². The molecule has 0 unspecified atom stereocenters. The summed E-state index contributed by atoms with van der Waals surface area (Å²) in [6.45, 7) is 0. The second-order valence-corrected chi connectivity index (χ2v) is 3.93. The summed E-state index contributed by atoms with van der Waals surface area (Å²) in [5, 5.41) is 3.20. The second-order valence-electron chi connectivity index (χ2n) is 3.93. The number of hydrogen-bond acceptors (Lipinski definition) is 4. The van der Waals surface area contributed by atoms with Crippen LogP contribution in [0.15, 0.2) is 24.3 Å². The van der Waals surface area contributed by atoms with Crippen LogP contribution in [0.5, 0.6) is 5.75 Å². The average Bonchev–Trinajstić information content (AvgIpc) is 3.09. The zero-order chi connectivity index (χ0) is 11.6. The molecule has 0 bridgehead atoms. The van der Waals surface area contributed by atoms with Crippen LogP contribution in [0, 0.1) is 0 Å². The highest BCUT2D eigenvalue weighted by molar-refractivity contribution is 5.88. The van der Waals surface area contributed by atoms with Crippen LogP contribution >= 0.6 is 0 Å². The normalized spacial score (nSPS) is 16.4. The molecule has 0 aliphatic heterocycles. The fraction of sp³-hybridized carbons (Fsp3) is 0.417. The highest BCUT2D eigenvalue weighted by Gasteiger charge is 2.51. The molecule has 1 aliphatic carbocycles. The van der Waals surface area contributed by atoms with Crippen LogP contribution in [-0.4, -0.2) is 25.7 Å². The van der Waals surface area contributed by atoms with Gasteiger partial charge in [0.25, 0.3) is 0 Å². The van der Waals surface area contributed by atoms with Crippen molar-refractivity contribution in [2.45, 2.75) is 18.4 Å². The van der Waals surface area contributed by atoms with Gasteiger partial charge < -0.3 is 14.8 Å². The topological polar surface area (TPSA) is 47.6 Å². The van der Waals surface area contributed by atoms with E-state index in [1.165, 1.54) is 7.11 Å². The smallest absolute Gasteiger partial charge is 0.331 e. The van der Waals surface area contributed by atoms with E-state index in [2.05, 4.69) is 5.32 Å². The maximum Gasteiger partial charge on any atom is 0.331 e. The molecule has 1 aromatic carbocycles. The molecule has 0 amide bonds. The maximum atomic E-state index is 11.5. The van der Waals surface area contributed by atoms with Crippen LogP contribution in [0.1, 0.15) is 12.8 Å². The maximum absolute atomic E-state index is 11.5. The van der Waals surface area contributed by atoms with E-state index in [0.717, 1.165) is 24.3 Å². The number of anilines is 1. The number of esters is 1. The monoisotopic (exact) mass is 221 g/mol. The zero-order valence-electron chi connectivity index (χ0n) is 9.45. The Labute approximate surface area is 94.6 Å². The summed E-state index contributed by atoms with van der Waals surface area (Å²) in [6.07, 6.45) is 1.63. The minimum Gasteiger partial charge on any atom is -0.497 e. The van der Waals surface area contributed by atoms with Crippen LogP contribution in [0.4, 0.5) is 5.69 Å². The number of nitrogens with one attached hydrogen (secondary N) is 1. The molecular weight excluding hydrogens is 206 g/mol. The summed E-state index contributed by atoms with van der Waals surface area (Å²) in [5.41, 5.74) is 0.364. The SMILES string of the molecule is COC(=O)C1(Nc2cccc(OC)c2)CC1. The Kier molecular flexibility index (Phi) is 2.73. The number of benzene rings is 1. The van der Waals surface area contributed by atoms with E-state index in [1.807, 2.05) is 24.3 Å². The number of methoxy groups -OCH3 is 2. The number of carbonyl (C=O) groups is 1. The minimum absolute atomic E-state index is 0.199. The van der Waals surface area contributed by atoms with Crippen molar-refractivity contribution in [3.8, 4) is 5.75 Å². The van der Waals surface area contributed by atoms with Gasteiger partial charge in [-0.15, -0.1) is 0 Å². The molecule has 86 valence electrons. The molecule has 2 rings (SSSR count). The van der Waals surface area contributed by atoms with Gasteiger partial charge in [0.05, 0.1) is 14.2 Å². The van der Waals surface area contributed by atoms with Crippen LogP contribution in [0.3, 0.4) is 0 Å². The van der Waals surface area contributed by atoms with Crippen molar-refractivity contribution in [2.24, 2.45) is 0 Å². The summed E-state index contributed by atoms with van der Waals surface area (Å²) < 4.78 is 9.89. The molecule has 1 aromatic rings. The Balaban J connectivity index is 2.12. The molecule has 0 radical (unpaired) electrons. The molecule has 4 nitrogen and oxygen atoms in total. The van der Waals surface area contributed by atoms with Crippen molar-refractivity contribution in [3.63, 3.8) is 0 Å². The highest BCUT2D eigenvalue weighted by Crippen LogP contribution is 2.40. The molecule has 0 heterocycles. The minimum atomic E-state index is -0.513. The first-order valence-corrected chi connectivity index (χ1v) is 5.21. The number of carbonyl (C=O) groups excluding carboxylic acids is 1. The van der Waals surface area contributed by atoms with Gasteiger partial charge in [0.15, 0.2) is 0 Å². The van der Waals surface area contributed by atoms with Crippen molar-refractivity contribution in [1.82, 2.24) is 0 Å². The first-order valence-electron chi connectivity index (χ1n) is 5.21. The van der Waals surface area contributed by atoms with Gasteiger partial charge in [-0.05, 0) is 25.0 Å². The number of hydrogen-bond donors (Lipinski definition) is 1. The van der Waals surface area contributed by atoms with Crippen molar-refractivity contribution < 1.29 is 14.3 Å². The molecular formula is C12H15NO3. The van der Waals surface area contributed by atoms with E-state index in [4.69, 9.17) is 9.47 Å². The predicted octanol–water partition coefficient (Wildman–Crippen LogP) is 1.81. The lowest BCUT2D eigenvalue weighted by atomic mass is 10.2. The Bertz CT molecular complexity index is 399. The summed E-state index contributed by atoms with van der Waals surface area (Å²) >= 11 is 0. The highest BCUT2D eigenvalue weighted by atomic mass is 16.5. The van der Waals surface area contributed by atoms with Gasteiger partial charge in [0.2, 0.25) is 0 Å². The lowest BCUT2D eigenvalue weighted by molar-refractivity contribution is -0.142. The van der Waals surface area contributed by atoms with Crippen molar-refractivity contribution in [3.05, 3.63) is 24.3 Å². The third-order valence-corrected chi connectivity index (χ3v) is 2.78. The van der Waals surface area contributed by atoms with Gasteiger partial charge in [-0.1, -0.05) is 6.07 Å². The average molecular weight is 221 g/mol. The standard InChI is InChI=1S/C12H15NO3/c1-15-10-5-3-4-9(8-10)13-12(6-7-12)11(14)16-2/h3-5,8,13H,6-7H2,1-2H3. The van der Waals surface area contributed by atoms with Crippen LogP contribution in [-0.2, 0) is 9.53 Å². The lowest BCUT2D eigenvalue weighted by Crippen LogP contribution is -2.32. The summed E-state index contributed by atoms with van der Waals surface area (Å²) in [7, 11) is 3.03. The van der Waals surface area contributed by atoms with Gasteiger partial charge in [0.1, 0.15) is 11.3 Å². The third-order valence-electron chi connectivity index (χ3n) is 2.78. The van der Waals surface area contributed by atoms with Crippen molar-refractivity contribution in [1.29, 1.82) is 0 Å². The summed E-state index contributed by atoms with van der Waals surface area (Å²) in [6, 6.07) is 7.52. The van der Waals surface area contributed by atoms with E-state index >= 15 is 0 Å². The van der Waals surface area contributed by atoms with Gasteiger partial charge in [0, 0.05) is 11.8 Å². The van der Waals surface area contributed by atoms with Crippen molar-refractivity contribution >= 4 is 11.7 Å². The number of ether oxygens (including phenoxy) is 2. The molecule has 0 saturated heterocycles. The molecule has 1 saturated carbocycles. The first kappa shape index (κ1) is 10.8. The summed E-state index contributed by atoms with van der Waals surface area (Å²) in [5.74, 6) is 0.570. The van der Waals surface area contributed by atoms with Gasteiger partial charge >= 0.3 is 5.97 Å². The van der Waals surface area contributed by atoms with Crippen LogP contribution < -0.4 is 10.1 Å². The molecule has 1 N–H and O–H groups in total. The molecule has 16 heavy (non-hydrogen) atoms. The predicted molar refractivity (Wildman–Crippen MR) is 60.6 cm³/mol. The van der Waals surface area contributed by atoms with E-state index < -0.39 is 5.54 Å². The molecule has 1 fully saturated rings. The van der Waals surface area contributed by atoms with Gasteiger partial charge in [-0.2, -0.15) is 0 Å². The largest absolute Gasteiger partial charge is 0.497 e. The van der Waals surface area contributed by atoms with E-state index in [-0.39, 0.29) is 5.97 Å². The van der Waals surface area contributed by atoms with E-state index in [9.17, 15) is 4.79 Å². The fourth-order valence-electron chi connectivity index (χ4n) is 1.68. The molecule has 0 atom stereocenters. The Morgan fingerprint density at radius 3 is 2.69 bits per heavy atom.